The van der Waals surface area contributed by atoms with Gasteiger partial charge >= 0.3 is 5.97 Å². The quantitative estimate of drug-likeness (QED) is 0.797. The third-order valence-electron chi connectivity index (χ3n) is 2.30. The third kappa shape index (κ3) is 3.32. The maximum atomic E-state index is 10.7. The van der Waals surface area contributed by atoms with Gasteiger partial charge < -0.3 is 9.84 Å². The van der Waals surface area contributed by atoms with Crippen LogP contribution in [0.1, 0.15) is 10.4 Å². The summed E-state index contributed by atoms with van der Waals surface area (Å²) in [5, 5.41) is 9.75. The molecule has 1 N–H and O–H groups in total. The molecule has 0 atom stereocenters. The van der Waals surface area contributed by atoms with Gasteiger partial charge in [0, 0.05) is 6.07 Å². The zero-order valence-electron chi connectivity index (χ0n) is 9.36. The largest absolute Gasteiger partial charge is 0.478 e. The summed E-state index contributed by atoms with van der Waals surface area (Å²) in [5.74, 6) is -0.205. The highest BCUT2D eigenvalue weighted by atomic mass is 35.5. The molecule has 0 radical (unpaired) electrons. The van der Waals surface area contributed by atoms with Gasteiger partial charge in [-0.2, -0.15) is 0 Å². The van der Waals surface area contributed by atoms with Crippen molar-refractivity contribution >= 4 is 40.8 Å². The Morgan fingerprint density at radius 2 is 1.53 bits per heavy atom. The number of rotatable bonds is 3. The van der Waals surface area contributed by atoms with Crippen LogP contribution in [-0.2, 0) is 0 Å². The molecule has 2 aromatic carbocycles. The van der Waals surface area contributed by atoms with Crippen LogP contribution in [-0.4, -0.2) is 11.1 Å². The Morgan fingerprint density at radius 3 is 2.11 bits per heavy atom. The van der Waals surface area contributed by atoms with E-state index in [0.717, 1.165) is 0 Å². The van der Waals surface area contributed by atoms with E-state index in [2.05, 4.69) is 0 Å². The van der Waals surface area contributed by atoms with E-state index in [0.29, 0.717) is 26.6 Å². The van der Waals surface area contributed by atoms with Crippen molar-refractivity contribution in [3.05, 3.63) is 57.0 Å². The summed E-state index contributed by atoms with van der Waals surface area (Å²) in [6.07, 6.45) is 0. The van der Waals surface area contributed by atoms with Crippen molar-refractivity contribution in [2.45, 2.75) is 0 Å². The summed E-state index contributed by atoms with van der Waals surface area (Å²) in [4.78, 5) is 10.7. The Kier molecular flexibility index (Phi) is 4.20. The molecule has 2 aromatic rings. The number of carboxylic acids is 1. The van der Waals surface area contributed by atoms with Crippen molar-refractivity contribution in [3.63, 3.8) is 0 Å². The minimum Gasteiger partial charge on any atom is -0.478 e. The lowest BCUT2D eigenvalue weighted by molar-refractivity contribution is 0.0697. The van der Waals surface area contributed by atoms with Crippen LogP contribution in [0.2, 0.25) is 15.1 Å². The van der Waals surface area contributed by atoms with Crippen molar-refractivity contribution in [2.24, 2.45) is 0 Å². The van der Waals surface area contributed by atoms with Gasteiger partial charge in [-0.05, 0) is 30.3 Å². The first-order valence-corrected chi connectivity index (χ1v) is 6.26. The predicted octanol–water partition coefficient (Wildman–Crippen LogP) is 5.14. The van der Waals surface area contributed by atoms with Gasteiger partial charge in [-0.1, -0.05) is 34.8 Å². The number of carbonyl (C=O) groups is 1. The lowest BCUT2D eigenvalue weighted by Gasteiger charge is -2.09. The van der Waals surface area contributed by atoms with Crippen LogP contribution in [0.3, 0.4) is 0 Å². The average Bonchev–Trinajstić information content (AvgIpc) is 2.36. The molecule has 0 aliphatic rings. The maximum absolute atomic E-state index is 10.7. The number of hydrogen-bond donors (Lipinski definition) is 1. The highest BCUT2D eigenvalue weighted by molar-refractivity contribution is 6.43. The molecule has 19 heavy (non-hydrogen) atoms. The van der Waals surface area contributed by atoms with Crippen molar-refractivity contribution < 1.29 is 14.6 Å². The van der Waals surface area contributed by atoms with Crippen LogP contribution >= 0.6 is 34.8 Å². The van der Waals surface area contributed by atoms with Gasteiger partial charge in [0.05, 0.1) is 20.6 Å². The van der Waals surface area contributed by atoms with Crippen LogP contribution in [0.25, 0.3) is 0 Å². The summed E-state index contributed by atoms with van der Waals surface area (Å²) in [6, 6.07) is 8.90. The zero-order valence-corrected chi connectivity index (χ0v) is 11.6. The zero-order chi connectivity index (χ0) is 14.0. The summed E-state index contributed by atoms with van der Waals surface area (Å²) < 4.78 is 5.51. The topological polar surface area (TPSA) is 46.5 Å². The standard InChI is InChI=1S/C13H7Cl3O3/c14-9-5-11(16)12(6-10(9)15)19-8-3-1-7(2-4-8)13(17)18/h1-6H,(H,17,18). The molecule has 0 aromatic heterocycles. The Bertz CT molecular complexity index is 624. The Labute approximate surface area is 124 Å². The minimum atomic E-state index is -1.00. The van der Waals surface area contributed by atoms with E-state index in [1.165, 1.54) is 36.4 Å². The molecule has 0 saturated heterocycles. The van der Waals surface area contributed by atoms with Gasteiger partial charge in [0.1, 0.15) is 11.5 Å². The van der Waals surface area contributed by atoms with E-state index in [9.17, 15) is 4.79 Å². The Morgan fingerprint density at radius 1 is 0.947 bits per heavy atom. The maximum Gasteiger partial charge on any atom is 0.335 e. The highest BCUT2D eigenvalue weighted by Gasteiger charge is 2.09. The molecule has 0 saturated carbocycles. The van der Waals surface area contributed by atoms with Gasteiger partial charge in [-0.15, -0.1) is 0 Å². The second kappa shape index (κ2) is 5.70. The fourth-order valence-electron chi connectivity index (χ4n) is 1.38. The van der Waals surface area contributed by atoms with E-state index < -0.39 is 5.97 Å². The van der Waals surface area contributed by atoms with Crippen molar-refractivity contribution in [1.82, 2.24) is 0 Å². The monoisotopic (exact) mass is 316 g/mol. The molecule has 0 aliphatic heterocycles. The summed E-state index contributed by atoms with van der Waals surface area (Å²) in [7, 11) is 0. The summed E-state index contributed by atoms with van der Waals surface area (Å²) in [6.45, 7) is 0. The van der Waals surface area contributed by atoms with Crippen LogP contribution in [0.4, 0.5) is 0 Å². The molecule has 0 fully saturated rings. The average molecular weight is 318 g/mol. The first kappa shape index (κ1) is 14.0. The smallest absolute Gasteiger partial charge is 0.335 e. The SMILES string of the molecule is O=C(O)c1ccc(Oc2cc(Cl)c(Cl)cc2Cl)cc1. The molecule has 0 bridgehead atoms. The van der Waals surface area contributed by atoms with Crippen LogP contribution in [0.5, 0.6) is 11.5 Å². The Balaban J connectivity index is 2.26. The lowest BCUT2D eigenvalue weighted by atomic mass is 10.2. The highest BCUT2D eigenvalue weighted by Crippen LogP contribution is 2.36. The minimum absolute atomic E-state index is 0.174. The van der Waals surface area contributed by atoms with Gasteiger partial charge in [0.25, 0.3) is 0 Å². The Hall–Kier alpha value is -1.42. The van der Waals surface area contributed by atoms with Crippen LogP contribution < -0.4 is 4.74 Å². The molecular weight excluding hydrogens is 310 g/mol. The van der Waals surface area contributed by atoms with Crippen LogP contribution in [0.15, 0.2) is 36.4 Å². The van der Waals surface area contributed by atoms with Crippen molar-refractivity contribution in [3.8, 4) is 11.5 Å². The molecule has 0 aliphatic carbocycles. The van der Waals surface area contributed by atoms with Crippen molar-refractivity contribution in [2.75, 3.05) is 0 Å². The molecule has 0 heterocycles. The van der Waals surface area contributed by atoms with Crippen molar-refractivity contribution in [1.29, 1.82) is 0 Å². The van der Waals surface area contributed by atoms with Gasteiger partial charge in [-0.3, -0.25) is 0 Å². The van der Waals surface area contributed by atoms with Gasteiger partial charge in [0.2, 0.25) is 0 Å². The molecule has 0 spiro atoms. The van der Waals surface area contributed by atoms with E-state index in [1.54, 1.807) is 0 Å². The fraction of sp³-hybridized carbons (Fsp3) is 0. The second-order valence-electron chi connectivity index (χ2n) is 3.63. The number of carboxylic acid groups (broad SMARTS) is 1. The van der Waals surface area contributed by atoms with E-state index >= 15 is 0 Å². The fourth-order valence-corrected chi connectivity index (χ4v) is 1.95. The number of halogens is 3. The third-order valence-corrected chi connectivity index (χ3v) is 3.32. The predicted molar refractivity (Wildman–Crippen MR) is 74.9 cm³/mol. The first-order valence-electron chi connectivity index (χ1n) is 5.13. The normalized spacial score (nSPS) is 10.3. The van der Waals surface area contributed by atoms with Gasteiger partial charge in [-0.25, -0.2) is 4.79 Å². The molecule has 98 valence electrons. The summed E-state index contributed by atoms with van der Waals surface area (Å²) in [5.41, 5.74) is 0.174. The number of benzene rings is 2. The van der Waals surface area contributed by atoms with E-state index in [-0.39, 0.29) is 5.56 Å². The summed E-state index contributed by atoms with van der Waals surface area (Å²) >= 11 is 17.6. The van der Waals surface area contributed by atoms with E-state index in [4.69, 9.17) is 44.6 Å². The van der Waals surface area contributed by atoms with E-state index in [1.807, 2.05) is 0 Å². The molecule has 0 amide bonds. The number of ether oxygens (including phenoxy) is 1. The molecule has 0 unspecified atom stereocenters. The van der Waals surface area contributed by atoms with Crippen LogP contribution in [0, 0.1) is 0 Å². The first-order chi connectivity index (χ1) is 8.97. The lowest BCUT2D eigenvalue weighted by Crippen LogP contribution is -1.95. The molecular formula is C13H7Cl3O3. The number of aromatic carboxylic acids is 1. The molecule has 3 nitrogen and oxygen atoms in total. The van der Waals surface area contributed by atoms with Gasteiger partial charge in [0.15, 0.2) is 0 Å². The molecule has 2 rings (SSSR count). The second-order valence-corrected chi connectivity index (χ2v) is 4.85. The molecule has 6 heteroatoms. The number of hydrogen-bond acceptors (Lipinski definition) is 2.